The Morgan fingerprint density at radius 3 is 2.67 bits per heavy atom. The number of benzene rings is 1. The zero-order chi connectivity index (χ0) is 13.2. The van der Waals surface area contributed by atoms with Gasteiger partial charge >= 0.3 is 0 Å². The predicted octanol–water partition coefficient (Wildman–Crippen LogP) is 2.22. The normalized spacial score (nSPS) is 10.4. The molecular weight excluding hydrogens is 230 g/mol. The van der Waals surface area contributed by atoms with Gasteiger partial charge in [-0.25, -0.2) is 0 Å². The Labute approximate surface area is 109 Å². The van der Waals surface area contributed by atoms with Crippen molar-refractivity contribution in [1.82, 2.24) is 5.32 Å². The minimum Gasteiger partial charge on any atom is -0.497 e. The largest absolute Gasteiger partial charge is 0.497 e. The van der Waals surface area contributed by atoms with E-state index in [9.17, 15) is 0 Å². The summed E-state index contributed by atoms with van der Waals surface area (Å²) in [6, 6.07) is 5.82. The second-order valence-corrected chi connectivity index (χ2v) is 3.96. The lowest BCUT2D eigenvalue weighted by molar-refractivity contribution is 0.100. The van der Waals surface area contributed by atoms with Gasteiger partial charge in [0.05, 0.1) is 13.7 Å². The van der Waals surface area contributed by atoms with Gasteiger partial charge < -0.3 is 19.5 Å². The molecule has 18 heavy (non-hydrogen) atoms. The second-order valence-electron chi connectivity index (χ2n) is 3.96. The van der Waals surface area contributed by atoms with Crippen molar-refractivity contribution in [1.29, 1.82) is 0 Å². The molecule has 4 heteroatoms. The molecule has 0 aliphatic carbocycles. The molecule has 0 spiro atoms. The van der Waals surface area contributed by atoms with Gasteiger partial charge in [-0.1, -0.05) is 6.92 Å². The van der Waals surface area contributed by atoms with Crippen LogP contribution in [0.4, 0.5) is 0 Å². The number of nitrogens with one attached hydrogen (secondary N) is 1. The fourth-order valence-corrected chi connectivity index (χ4v) is 1.61. The van der Waals surface area contributed by atoms with E-state index < -0.39 is 0 Å². The van der Waals surface area contributed by atoms with Crippen LogP contribution < -0.4 is 14.8 Å². The molecule has 0 radical (unpaired) electrons. The predicted molar refractivity (Wildman–Crippen MR) is 72.4 cm³/mol. The molecule has 1 rings (SSSR count). The Bertz CT molecular complexity index is 342. The molecule has 0 atom stereocenters. The summed E-state index contributed by atoms with van der Waals surface area (Å²) >= 11 is 0. The Balaban J connectivity index is 2.52. The summed E-state index contributed by atoms with van der Waals surface area (Å²) in [6.45, 7) is 4.83. The van der Waals surface area contributed by atoms with Crippen molar-refractivity contribution in [3.05, 3.63) is 23.8 Å². The van der Waals surface area contributed by atoms with E-state index in [4.69, 9.17) is 14.2 Å². The van der Waals surface area contributed by atoms with Crippen LogP contribution in [0.2, 0.25) is 0 Å². The number of rotatable bonds is 9. The van der Waals surface area contributed by atoms with Gasteiger partial charge in [0.1, 0.15) is 18.1 Å². The molecule has 1 aromatic rings. The summed E-state index contributed by atoms with van der Waals surface area (Å²) in [5.74, 6) is 1.72. The average Bonchev–Trinajstić information content (AvgIpc) is 2.40. The molecule has 0 bridgehead atoms. The quantitative estimate of drug-likeness (QED) is 0.685. The summed E-state index contributed by atoms with van der Waals surface area (Å²) < 4.78 is 16.3. The van der Waals surface area contributed by atoms with Crippen molar-refractivity contribution in [3.63, 3.8) is 0 Å². The topological polar surface area (TPSA) is 39.7 Å². The van der Waals surface area contributed by atoms with E-state index in [1.54, 1.807) is 7.11 Å². The number of methoxy groups -OCH3 is 1. The van der Waals surface area contributed by atoms with Crippen molar-refractivity contribution in [2.45, 2.75) is 19.9 Å². The van der Waals surface area contributed by atoms with E-state index in [0.29, 0.717) is 13.2 Å². The molecule has 1 aromatic carbocycles. The van der Waals surface area contributed by atoms with Gasteiger partial charge in [-0.05, 0) is 31.7 Å². The Morgan fingerprint density at radius 1 is 1.17 bits per heavy atom. The highest BCUT2D eigenvalue weighted by molar-refractivity contribution is 5.40. The van der Waals surface area contributed by atoms with E-state index >= 15 is 0 Å². The maximum Gasteiger partial charge on any atom is 0.124 e. The number of hydrogen-bond acceptors (Lipinski definition) is 4. The smallest absolute Gasteiger partial charge is 0.124 e. The monoisotopic (exact) mass is 253 g/mol. The molecule has 0 heterocycles. The first-order chi connectivity index (χ1) is 8.81. The third-order valence-electron chi connectivity index (χ3n) is 2.47. The van der Waals surface area contributed by atoms with Crippen LogP contribution in [-0.4, -0.2) is 34.0 Å². The third kappa shape index (κ3) is 4.94. The Morgan fingerprint density at radius 2 is 2.00 bits per heavy atom. The van der Waals surface area contributed by atoms with E-state index in [1.807, 2.05) is 25.2 Å². The van der Waals surface area contributed by atoms with E-state index in [2.05, 4.69) is 12.2 Å². The van der Waals surface area contributed by atoms with Crippen LogP contribution in [0.5, 0.6) is 11.5 Å². The number of ether oxygens (including phenoxy) is 3. The molecule has 0 aliphatic heterocycles. The average molecular weight is 253 g/mol. The molecule has 102 valence electrons. The molecule has 0 aromatic heterocycles. The minimum atomic E-state index is 0.572. The zero-order valence-corrected chi connectivity index (χ0v) is 11.5. The summed E-state index contributed by atoms with van der Waals surface area (Å²) in [6.07, 6.45) is 1.04. The van der Waals surface area contributed by atoms with Crippen molar-refractivity contribution in [2.75, 3.05) is 34.0 Å². The number of hydrogen-bond donors (Lipinski definition) is 1. The molecule has 1 N–H and O–H groups in total. The highest BCUT2D eigenvalue weighted by Crippen LogP contribution is 2.24. The summed E-state index contributed by atoms with van der Waals surface area (Å²) in [4.78, 5) is 0. The molecule has 0 amide bonds. The first-order valence-corrected chi connectivity index (χ1v) is 6.33. The lowest BCUT2D eigenvalue weighted by atomic mass is 10.2. The van der Waals surface area contributed by atoms with Crippen LogP contribution in [0.3, 0.4) is 0 Å². The van der Waals surface area contributed by atoms with Crippen LogP contribution in [0.1, 0.15) is 18.9 Å². The standard InChI is InChI=1S/C14H23NO3/c1-4-7-17-8-9-18-14-6-5-13(16-3)10-12(14)11-15-2/h5-6,10,15H,4,7-9,11H2,1-3H3. The molecule has 0 unspecified atom stereocenters. The summed E-state index contributed by atoms with van der Waals surface area (Å²) in [5, 5.41) is 3.12. The van der Waals surface area contributed by atoms with E-state index in [1.165, 1.54) is 0 Å². The van der Waals surface area contributed by atoms with Gasteiger partial charge in [0, 0.05) is 18.7 Å². The summed E-state index contributed by atoms with van der Waals surface area (Å²) in [5.41, 5.74) is 1.09. The minimum absolute atomic E-state index is 0.572. The molecule has 0 aliphatic rings. The maximum atomic E-state index is 5.72. The van der Waals surface area contributed by atoms with Crippen LogP contribution in [0.15, 0.2) is 18.2 Å². The van der Waals surface area contributed by atoms with Crippen LogP contribution in [0, 0.1) is 0 Å². The highest BCUT2D eigenvalue weighted by atomic mass is 16.5. The first-order valence-electron chi connectivity index (χ1n) is 6.33. The Kier molecular flexibility index (Phi) is 7.22. The summed E-state index contributed by atoms with van der Waals surface area (Å²) in [7, 11) is 3.57. The Hall–Kier alpha value is -1.26. The fourth-order valence-electron chi connectivity index (χ4n) is 1.61. The van der Waals surface area contributed by atoms with E-state index in [-0.39, 0.29) is 0 Å². The van der Waals surface area contributed by atoms with Gasteiger partial charge in [-0.15, -0.1) is 0 Å². The van der Waals surface area contributed by atoms with Gasteiger partial charge in [-0.2, -0.15) is 0 Å². The van der Waals surface area contributed by atoms with Crippen molar-refractivity contribution in [3.8, 4) is 11.5 Å². The molecule has 0 saturated heterocycles. The highest BCUT2D eigenvalue weighted by Gasteiger charge is 2.05. The van der Waals surface area contributed by atoms with Crippen molar-refractivity contribution < 1.29 is 14.2 Å². The zero-order valence-electron chi connectivity index (χ0n) is 11.5. The van der Waals surface area contributed by atoms with Gasteiger partial charge in [0.25, 0.3) is 0 Å². The molecule has 4 nitrogen and oxygen atoms in total. The van der Waals surface area contributed by atoms with Crippen LogP contribution >= 0.6 is 0 Å². The SMILES string of the molecule is CCCOCCOc1ccc(OC)cc1CNC. The van der Waals surface area contributed by atoms with Gasteiger partial charge in [0.2, 0.25) is 0 Å². The third-order valence-corrected chi connectivity index (χ3v) is 2.47. The fraction of sp³-hybridized carbons (Fsp3) is 0.571. The van der Waals surface area contributed by atoms with E-state index in [0.717, 1.165) is 36.6 Å². The second kappa shape index (κ2) is 8.78. The first kappa shape index (κ1) is 14.8. The van der Waals surface area contributed by atoms with Crippen LogP contribution in [-0.2, 0) is 11.3 Å². The lowest BCUT2D eigenvalue weighted by Crippen LogP contribution is -2.11. The van der Waals surface area contributed by atoms with Crippen molar-refractivity contribution >= 4 is 0 Å². The van der Waals surface area contributed by atoms with Crippen molar-refractivity contribution in [2.24, 2.45) is 0 Å². The lowest BCUT2D eigenvalue weighted by Gasteiger charge is -2.12. The van der Waals surface area contributed by atoms with Gasteiger partial charge in [-0.3, -0.25) is 0 Å². The molecule has 0 saturated carbocycles. The van der Waals surface area contributed by atoms with Crippen LogP contribution in [0.25, 0.3) is 0 Å². The maximum absolute atomic E-state index is 5.72. The molecular formula is C14H23NO3. The van der Waals surface area contributed by atoms with Gasteiger partial charge in [0.15, 0.2) is 0 Å². The molecule has 0 fully saturated rings.